The largest absolute Gasteiger partial charge is 0.495 e. The molecule has 0 radical (unpaired) electrons. The second-order valence-electron chi connectivity index (χ2n) is 7.32. The zero-order chi connectivity index (χ0) is 22.3. The van der Waals surface area contributed by atoms with Gasteiger partial charge in [0.15, 0.2) is 0 Å². The molecular weight excluding hydrogens is 418 g/mol. The average Bonchev–Trinajstić information content (AvgIpc) is 2.79. The Labute approximate surface area is 182 Å². The quantitative estimate of drug-likeness (QED) is 0.648. The molecule has 1 aliphatic rings. The smallest absolute Gasteiger partial charge is 0.246 e. The van der Waals surface area contributed by atoms with Crippen molar-refractivity contribution in [3.63, 3.8) is 0 Å². The van der Waals surface area contributed by atoms with Crippen LogP contribution >= 0.6 is 0 Å². The van der Waals surface area contributed by atoms with E-state index in [1.165, 1.54) is 23.5 Å². The van der Waals surface area contributed by atoms with Crippen molar-refractivity contribution in [3.05, 3.63) is 54.1 Å². The zero-order valence-electron chi connectivity index (χ0n) is 17.5. The normalized spacial score (nSPS) is 14.6. The van der Waals surface area contributed by atoms with Gasteiger partial charge in [0.25, 0.3) is 0 Å². The van der Waals surface area contributed by atoms with Crippen molar-refractivity contribution in [1.82, 2.24) is 9.62 Å². The third-order valence-electron chi connectivity index (χ3n) is 5.03. The van der Waals surface area contributed by atoms with Crippen molar-refractivity contribution >= 4 is 27.5 Å². The molecule has 2 N–H and O–H groups in total. The van der Waals surface area contributed by atoms with Crippen LogP contribution in [0.4, 0.5) is 5.69 Å². The van der Waals surface area contributed by atoms with Crippen LogP contribution in [0.1, 0.15) is 24.8 Å². The molecule has 0 aromatic heterocycles. The summed E-state index contributed by atoms with van der Waals surface area (Å²) in [5.41, 5.74) is 1.17. The molecule has 0 atom stereocenters. The number of hydrogen-bond donors (Lipinski definition) is 2. The maximum Gasteiger partial charge on any atom is 0.246 e. The van der Waals surface area contributed by atoms with Crippen molar-refractivity contribution in [2.45, 2.75) is 30.6 Å². The average molecular weight is 446 g/mol. The Morgan fingerprint density at radius 1 is 1.00 bits per heavy atom. The molecule has 1 saturated heterocycles. The number of piperidine rings is 1. The third-order valence-corrected chi connectivity index (χ3v) is 6.95. The minimum absolute atomic E-state index is 0.0165. The van der Waals surface area contributed by atoms with Crippen molar-refractivity contribution in [2.24, 2.45) is 0 Å². The Bertz CT molecular complexity index is 1020. The molecule has 0 saturated carbocycles. The van der Waals surface area contributed by atoms with Crippen LogP contribution in [0.15, 0.2) is 53.4 Å². The number of anilines is 1. The maximum absolute atomic E-state index is 13.1. The van der Waals surface area contributed by atoms with Crippen LogP contribution in [-0.2, 0) is 26.0 Å². The highest BCUT2D eigenvalue weighted by Crippen LogP contribution is 2.31. The fourth-order valence-electron chi connectivity index (χ4n) is 3.43. The van der Waals surface area contributed by atoms with Crippen molar-refractivity contribution in [3.8, 4) is 5.75 Å². The van der Waals surface area contributed by atoms with Crippen LogP contribution < -0.4 is 15.4 Å². The summed E-state index contributed by atoms with van der Waals surface area (Å²) in [5, 5.41) is 5.20. The summed E-state index contributed by atoms with van der Waals surface area (Å²) in [6, 6.07) is 13.7. The monoisotopic (exact) mass is 445 g/mol. The number of nitrogens with zero attached hydrogens (tertiary/aromatic N) is 1. The Morgan fingerprint density at radius 2 is 1.71 bits per heavy atom. The van der Waals surface area contributed by atoms with E-state index in [1.54, 1.807) is 6.07 Å². The predicted molar refractivity (Wildman–Crippen MR) is 117 cm³/mol. The lowest BCUT2D eigenvalue weighted by Gasteiger charge is -2.26. The molecule has 0 spiro atoms. The number of sulfonamides is 1. The maximum atomic E-state index is 13.1. The van der Waals surface area contributed by atoms with Crippen LogP contribution in [-0.4, -0.2) is 51.3 Å². The molecule has 31 heavy (non-hydrogen) atoms. The van der Waals surface area contributed by atoms with Gasteiger partial charge in [-0.3, -0.25) is 9.59 Å². The summed E-state index contributed by atoms with van der Waals surface area (Å²) < 4.78 is 32.8. The number of amides is 2. The van der Waals surface area contributed by atoms with Gasteiger partial charge in [-0.25, -0.2) is 8.42 Å². The van der Waals surface area contributed by atoms with Crippen LogP contribution in [0.3, 0.4) is 0 Å². The number of ether oxygens (including phenoxy) is 1. The van der Waals surface area contributed by atoms with Gasteiger partial charge in [0.1, 0.15) is 10.6 Å². The Morgan fingerprint density at radius 3 is 2.39 bits per heavy atom. The van der Waals surface area contributed by atoms with Gasteiger partial charge in [0, 0.05) is 18.8 Å². The van der Waals surface area contributed by atoms with Gasteiger partial charge in [0.2, 0.25) is 21.8 Å². The first-order chi connectivity index (χ1) is 14.9. The highest BCUT2D eigenvalue weighted by Gasteiger charge is 2.29. The molecular formula is C22H27N3O5S. The molecule has 2 amide bonds. The number of carbonyl (C=O) groups excluding carboxylic acids is 2. The van der Waals surface area contributed by atoms with Gasteiger partial charge in [-0.1, -0.05) is 36.8 Å². The van der Waals surface area contributed by atoms with Gasteiger partial charge in [-0.05, 0) is 36.6 Å². The Balaban J connectivity index is 1.64. The first kappa shape index (κ1) is 22.8. The van der Waals surface area contributed by atoms with Crippen LogP contribution in [0.5, 0.6) is 5.75 Å². The molecule has 166 valence electrons. The third kappa shape index (κ3) is 6.05. The molecule has 0 unspecified atom stereocenters. The van der Waals surface area contributed by atoms with Gasteiger partial charge >= 0.3 is 0 Å². The summed E-state index contributed by atoms with van der Waals surface area (Å²) in [6.07, 6.45) is 2.82. The molecule has 1 fully saturated rings. The standard InChI is InChI=1S/C22H27N3O5S/c1-30-19-11-10-18(15-20(19)31(28,29)25-12-6-3-7-13-25)24-22(27)16-23-21(26)14-17-8-4-2-5-9-17/h2,4-5,8-11,15H,3,6-7,12-14,16H2,1H3,(H,23,26)(H,24,27). The van der Waals surface area contributed by atoms with Gasteiger partial charge in [0.05, 0.1) is 20.1 Å². The van der Waals surface area contributed by atoms with E-state index in [9.17, 15) is 18.0 Å². The van der Waals surface area contributed by atoms with Crippen LogP contribution in [0.2, 0.25) is 0 Å². The van der Waals surface area contributed by atoms with Gasteiger partial charge in [-0.15, -0.1) is 0 Å². The van der Waals surface area contributed by atoms with Crippen LogP contribution in [0, 0.1) is 0 Å². The molecule has 8 nitrogen and oxygen atoms in total. The number of carbonyl (C=O) groups is 2. The highest BCUT2D eigenvalue weighted by molar-refractivity contribution is 7.89. The van der Waals surface area contributed by atoms with E-state index < -0.39 is 15.9 Å². The van der Waals surface area contributed by atoms with E-state index in [2.05, 4.69) is 10.6 Å². The van der Waals surface area contributed by atoms with E-state index in [0.29, 0.717) is 18.8 Å². The zero-order valence-corrected chi connectivity index (χ0v) is 18.3. The molecule has 9 heteroatoms. The minimum Gasteiger partial charge on any atom is -0.495 e. The SMILES string of the molecule is COc1ccc(NC(=O)CNC(=O)Cc2ccccc2)cc1S(=O)(=O)N1CCCCC1. The number of nitrogens with one attached hydrogen (secondary N) is 2. The fraction of sp³-hybridized carbons (Fsp3) is 0.364. The molecule has 2 aromatic carbocycles. The number of benzene rings is 2. The summed E-state index contributed by atoms with van der Waals surface area (Å²) in [7, 11) is -2.33. The lowest BCUT2D eigenvalue weighted by molar-refractivity contribution is -0.123. The predicted octanol–water partition coefficient (Wildman–Crippen LogP) is 2.17. The molecule has 0 aliphatic carbocycles. The summed E-state index contributed by atoms with van der Waals surface area (Å²) in [4.78, 5) is 24.3. The van der Waals surface area contributed by atoms with Crippen molar-refractivity contribution < 1.29 is 22.7 Å². The first-order valence-electron chi connectivity index (χ1n) is 10.2. The van der Waals surface area contributed by atoms with Gasteiger partial charge < -0.3 is 15.4 Å². The number of methoxy groups -OCH3 is 1. The van der Waals surface area contributed by atoms with Crippen LogP contribution in [0.25, 0.3) is 0 Å². The van der Waals surface area contributed by atoms with E-state index in [1.807, 2.05) is 30.3 Å². The number of rotatable bonds is 8. The van der Waals surface area contributed by atoms with E-state index in [-0.39, 0.29) is 29.5 Å². The van der Waals surface area contributed by atoms with E-state index in [0.717, 1.165) is 24.8 Å². The molecule has 0 bridgehead atoms. The Kier molecular flexibility index (Phi) is 7.64. The van der Waals surface area contributed by atoms with Gasteiger partial charge in [-0.2, -0.15) is 4.31 Å². The summed E-state index contributed by atoms with van der Waals surface area (Å²) >= 11 is 0. The van der Waals surface area contributed by atoms with E-state index >= 15 is 0 Å². The second kappa shape index (κ2) is 10.4. The van der Waals surface area contributed by atoms with E-state index in [4.69, 9.17) is 4.74 Å². The number of hydrogen-bond acceptors (Lipinski definition) is 5. The topological polar surface area (TPSA) is 105 Å². The molecule has 1 heterocycles. The highest BCUT2D eigenvalue weighted by atomic mass is 32.2. The van der Waals surface area contributed by atoms with Crippen molar-refractivity contribution in [1.29, 1.82) is 0 Å². The Hall–Kier alpha value is -2.91. The lowest BCUT2D eigenvalue weighted by Crippen LogP contribution is -2.36. The van der Waals surface area contributed by atoms with Crippen molar-refractivity contribution in [2.75, 3.05) is 32.1 Å². The minimum atomic E-state index is -3.74. The molecule has 1 aliphatic heterocycles. The lowest BCUT2D eigenvalue weighted by atomic mass is 10.1. The fourth-order valence-corrected chi connectivity index (χ4v) is 5.13. The molecule has 3 rings (SSSR count). The molecule has 2 aromatic rings. The second-order valence-corrected chi connectivity index (χ2v) is 9.22. The summed E-state index contributed by atoms with van der Waals surface area (Å²) in [6.45, 7) is 0.719. The summed E-state index contributed by atoms with van der Waals surface area (Å²) in [5.74, 6) is -0.503. The first-order valence-corrected chi connectivity index (χ1v) is 11.6.